The van der Waals surface area contributed by atoms with Gasteiger partial charge >= 0.3 is 0 Å². The smallest absolute Gasteiger partial charge is 0.221 e. The lowest BCUT2D eigenvalue weighted by atomic mass is 10.2. The van der Waals surface area contributed by atoms with Crippen molar-refractivity contribution in [2.24, 2.45) is 0 Å². The number of hydrogen-bond acceptors (Lipinski definition) is 2. The summed E-state index contributed by atoms with van der Waals surface area (Å²) in [6.07, 6.45) is 0. The van der Waals surface area contributed by atoms with E-state index in [1.807, 2.05) is 35.0 Å². The van der Waals surface area contributed by atoms with E-state index >= 15 is 0 Å². The number of halogens is 1. The Morgan fingerprint density at radius 3 is 2.54 bits per heavy atom. The molecule has 0 saturated carbocycles. The Morgan fingerprint density at radius 1 is 1.12 bits per heavy atom. The van der Waals surface area contributed by atoms with Crippen molar-refractivity contribution in [3.8, 4) is 11.4 Å². The van der Waals surface area contributed by atoms with Crippen LogP contribution in [0.4, 0.5) is 0 Å². The Labute approximate surface area is 155 Å². The van der Waals surface area contributed by atoms with Gasteiger partial charge in [0.15, 0.2) is 12.5 Å². The number of aromatic amines is 1. The molecule has 3 rings (SSSR count). The Morgan fingerprint density at radius 2 is 1.83 bits per heavy atom. The normalized spacial score (nSPS) is 12.2. The van der Waals surface area contributed by atoms with Gasteiger partial charge in [0.2, 0.25) is 4.77 Å². The van der Waals surface area contributed by atoms with Crippen LogP contribution in [-0.4, -0.2) is 21.3 Å². The van der Waals surface area contributed by atoms with Gasteiger partial charge in [-0.15, -0.1) is 0 Å². The van der Waals surface area contributed by atoms with Crippen molar-refractivity contribution in [2.45, 2.75) is 20.1 Å². The zero-order valence-corrected chi connectivity index (χ0v) is 15.9. The van der Waals surface area contributed by atoms with Crippen LogP contribution in [0.3, 0.4) is 0 Å². The van der Waals surface area contributed by atoms with Gasteiger partial charge in [0.05, 0.1) is 6.54 Å². The topological polar surface area (TPSA) is 38.0 Å². The van der Waals surface area contributed by atoms with Crippen LogP contribution in [0.5, 0.6) is 0 Å². The van der Waals surface area contributed by atoms with Gasteiger partial charge in [-0.2, -0.15) is 4.98 Å². The third-order valence-corrected chi connectivity index (χ3v) is 4.99. The Bertz CT molecular complexity index is 857. The van der Waals surface area contributed by atoms with E-state index in [2.05, 4.69) is 57.2 Å². The minimum atomic E-state index is 0.583. The van der Waals surface area contributed by atoms with Gasteiger partial charge in [-0.1, -0.05) is 64.5 Å². The summed E-state index contributed by atoms with van der Waals surface area (Å²) in [5, 5.41) is 3.34. The second-order valence-corrected chi connectivity index (χ2v) is 6.91. The van der Waals surface area contributed by atoms with Crippen LogP contribution < -0.4 is 4.90 Å². The highest BCUT2D eigenvalue weighted by molar-refractivity contribution is 9.10. The van der Waals surface area contributed by atoms with E-state index in [4.69, 9.17) is 12.2 Å². The first-order chi connectivity index (χ1) is 11.7. The van der Waals surface area contributed by atoms with Crippen molar-refractivity contribution in [1.29, 1.82) is 0 Å². The molecule has 2 aromatic carbocycles. The summed E-state index contributed by atoms with van der Waals surface area (Å²) >= 11 is 9.01. The van der Waals surface area contributed by atoms with Gasteiger partial charge in [-0.25, -0.2) is 4.68 Å². The lowest BCUT2D eigenvalue weighted by Gasteiger charge is -2.17. The predicted molar refractivity (Wildman–Crippen MR) is 102 cm³/mol. The molecule has 1 aromatic heterocycles. The Hall–Kier alpha value is -1.76. The molecule has 124 valence electrons. The molecule has 0 bridgehead atoms. The lowest BCUT2D eigenvalue weighted by Crippen LogP contribution is -3.09. The Balaban J connectivity index is 1.80. The molecule has 0 aliphatic carbocycles. The second kappa shape index (κ2) is 7.88. The van der Waals surface area contributed by atoms with E-state index < -0.39 is 0 Å². The molecule has 0 saturated heterocycles. The van der Waals surface area contributed by atoms with Gasteiger partial charge in [0, 0.05) is 15.6 Å². The number of H-pyrrole nitrogens is 1. The first-order valence-electron chi connectivity index (χ1n) is 7.96. The van der Waals surface area contributed by atoms with Crippen LogP contribution in [-0.2, 0) is 13.2 Å². The van der Waals surface area contributed by atoms with Gasteiger partial charge in [-0.05, 0) is 25.2 Å². The molecule has 24 heavy (non-hydrogen) atoms. The van der Waals surface area contributed by atoms with Gasteiger partial charge in [0.1, 0.15) is 6.54 Å². The Kier molecular flexibility index (Phi) is 5.60. The zero-order chi connectivity index (χ0) is 16.9. The second-order valence-electron chi connectivity index (χ2n) is 5.69. The van der Waals surface area contributed by atoms with Crippen LogP contribution in [0.15, 0.2) is 59.1 Å². The number of aromatic nitrogens is 3. The summed E-state index contributed by atoms with van der Waals surface area (Å²) in [6.45, 7) is 4.93. The summed E-state index contributed by atoms with van der Waals surface area (Å²) in [5.41, 5.74) is 2.34. The lowest BCUT2D eigenvalue weighted by molar-refractivity contribution is -0.935. The van der Waals surface area contributed by atoms with E-state index in [0.29, 0.717) is 4.77 Å². The predicted octanol–water partition coefficient (Wildman–Crippen LogP) is 3.43. The highest BCUT2D eigenvalue weighted by Gasteiger charge is 2.12. The molecule has 1 atom stereocenters. The molecule has 0 fully saturated rings. The minimum Gasteiger partial charge on any atom is -0.313 e. The number of hydrogen-bond donors (Lipinski definition) is 2. The molecule has 4 nitrogen and oxygen atoms in total. The molecule has 0 aliphatic rings. The average molecular weight is 404 g/mol. The molecule has 2 N–H and O–H groups in total. The largest absolute Gasteiger partial charge is 0.313 e. The molecular formula is C18H20BrN4S+. The van der Waals surface area contributed by atoms with Crippen LogP contribution >= 0.6 is 28.1 Å². The van der Waals surface area contributed by atoms with Crippen LogP contribution in [0.1, 0.15) is 12.5 Å². The molecule has 6 heteroatoms. The van der Waals surface area contributed by atoms with Crippen LogP contribution in [0.25, 0.3) is 11.4 Å². The number of nitrogens with one attached hydrogen (secondary N) is 2. The molecule has 1 heterocycles. The molecule has 1 unspecified atom stereocenters. The van der Waals surface area contributed by atoms with Crippen molar-refractivity contribution >= 4 is 28.1 Å². The molecule has 0 aliphatic heterocycles. The van der Waals surface area contributed by atoms with Crippen molar-refractivity contribution in [3.05, 3.63) is 69.4 Å². The van der Waals surface area contributed by atoms with E-state index in [1.54, 1.807) is 0 Å². The summed E-state index contributed by atoms with van der Waals surface area (Å²) in [6, 6.07) is 18.5. The molecular weight excluding hydrogens is 384 g/mol. The average Bonchev–Trinajstić information content (AvgIpc) is 2.96. The monoisotopic (exact) mass is 403 g/mol. The summed E-state index contributed by atoms with van der Waals surface area (Å²) < 4.78 is 3.54. The van der Waals surface area contributed by atoms with Crippen molar-refractivity contribution in [3.63, 3.8) is 0 Å². The van der Waals surface area contributed by atoms with Crippen LogP contribution in [0.2, 0.25) is 0 Å². The molecule has 0 amide bonds. The first-order valence-corrected chi connectivity index (χ1v) is 9.16. The number of quaternary nitrogens is 1. The fourth-order valence-corrected chi connectivity index (χ4v) is 3.31. The first kappa shape index (κ1) is 17.1. The minimum absolute atomic E-state index is 0.583. The van der Waals surface area contributed by atoms with Gasteiger partial charge in [-0.3, -0.25) is 5.10 Å². The van der Waals surface area contributed by atoms with Gasteiger partial charge in [0.25, 0.3) is 0 Å². The quantitative estimate of drug-likeness (QED) is 0.618. The SMILES string of the molecule is CC[NH+](Cc1ccccc1)Cn1[nH]c(-c2ccccc2Br)nc1=S. The highest BCUT2D eigenvalue weighted by Crippen LogP contribution is 2.24. The van der Waals surface area contributed by atoms with Crippen molar-refractivity contribution < 1.29 is 4.90 Å². The maximum absolute atomic E-state index is 5.44. The maximum Gasteiger partial charge on any atom is 0.221 e. The highest BCUT2D eigenvalue weighted by atomic mass is 79.9. The molecule has 0 spiro atoms. The number of benzene rings is 2. The summed E-state index contributed by atoms with van der Waals surface area (Å²) in [5.74, 6) is 0.794. The summed E-state index contributed by atoms with van der Waals surface area (Å²) in [7, 11) is 0. The molecule has 0 radical (unpaired) electrons. The fourth-order valence-electron chi connectivity index (χ4n) is 2.64. The fraction of sp³-hybridized carbons (Fsp3) is 0.222. The molecule has 3 aromatic rings. The number of nitrogens with zero attached hydrogens (tertiary/aromatic N) is 2. The number of rotatable bonds is 6. The van der Waals surface area contributed by atoms with E-state index in [-0.39, 0.29) is 0 Å². The standard InChI is InChI=1S/C18H19BrN4S/c1-2-22(12-14-8-4-3-5-9-14)13-23-18(24)20-17(21-23)15-10-6-7-11-16(15)19/h3-11H,2,12-13H2,1H3,(H,20,21,24)/p+1. The zero-order valence-electron chi connectivity index (χ0n) is 13.5. The van der Waals surface area contributed by atoms with E-state index in [9.17, 15) is 0 Å². The van der Waals surface area contributed by atoms with Crippen LogP contribution in [0, 0.1) is 4.77 Å². The van der Waals surface area contributed by atoms with E-state index in [0.717, 1.165) is 35.6 Å². The van der Waals surface area contributed by atoms with Gasteiger partial charge < -0.3 is 4.90 Å². The third-order valence-electron chi connectivity index (χ3n) is 3.99. The van der Waals surface area contributed by atoms with Crippen molar-refractivity contribution in [1.82, 2.24) is 14.8 Å². The van der Waals surface area contributed by atoms with E-state index in [1.165, 1.54) is 10.5 Å². The maximum atomic E-state index is 5.44. The summed E-state index contributed by atoms with van der Waals surface area (Å²) in [4.78, 5) is 5.93. The van der Waals surface area contributed by atoms with Crippen molar-refractivity contribution in [2.75, 3.05) is 6.54 Å². The third kappa shape index (κ3) is 4.01.